The molecule has 9 heavy (non-hydrogen) atoms. The SMILES string of the molecule is C=C1C2CCCC1CC2. The van der Waals surface area contributed by atoms with E-state index in [1.54, 1.807) is 5.57 Å². The minimum atomic E-state index is 0.934. The van der Waals surface area contributed by atoms with E-state index in [-0.39, 0.29) is 0 Å². The Morgan fingerprint density at radius 3 is 2.00 bits per heavy atom. The van der Waals surface area contributed by atoms with Gasteiger partial charge in [0.1, 0.15) is 0 Å². The summed E-state index contributed by atoms with van der Waals surface area (Å²) >= 11 is 0. The summed E-state index contributed by atoms with van der Waals surface area (Å²) in [5.41, 5.74) is 1.58. The van der Waals surface area contributed by atoms with Crippen molar-refractivity contribution in [2.24, 2.45) is 11.8 Å². The predicted octanol–water partition coefficient (Wildman–Crippen LogP) is 2.75. The van der Waals surface area contributed by atoms with Gasteiger partial charge in [0.2, 0.25) is 0 Å². The Bertz CT molecular complexity index is 117. The van der Waals surface area contributed by atoms with Gasteiger partial charge in [-0.1, -0.05) is 18.6 Å². The maximum Gasteiger partial charge on any atom is -0.0203 e. The molecule has 0 radical (unpaired) electrons. The van der Waals surface area contributed by atoms with E-state index in [2.05, 4.69) is 6.58 Å². The van der Waals surface area contributed by atoms with Crippen LogP contribution in [-0.2, 0) is 0 Å². The summed E-state index contributed by atoms with van der Waals surface area (Å²) in [5, 5.41) is 0. The number of rotatable bonds is 0. The van der Waals surface area contributed by atoms with E-state index in [0.717, 1.165) is 11.8 Å². The van der Waals surface area contributed by atoms with E-state index in [1.807, 2.05) is 0 Å². The third kappa shape index (κ3) is 0.726. The second kappa shape index (κ2) is 1.86. The molecule has 0 N–H and O–H groups in total. The molecular formula is C9H14. The quantitative estimate of drug-likeness (QED) is 0.433. The second-order valence-electron chi connectivity index (χ2n) is 3.48. The Morgan fingerprint density at radius 1 is 1.00 bits per heavy atom. The molecule has 0 nitrogen and oxygen atoms in total. The van der Waals surface area contributed by atoms with Gasteiger partial charge in [-0.25, -0.2) is 0 Å². The van der Waals surface area contributed by atoms with Crippen LogP contribution >= 0.6 is 0 Å². The minimum Gasteiger partial charge on any atom is -0.0993 e. The molecule has 0 aromatic rings. The molecule has 0 aliphatic heterocycles. The van der Waals surface area contributed by atoms with E-state index in [1.165, 1.54) is 32.1 Å². The van der Waals surface area contributed by atoms with Crippen LogP contribution in [-0.4, -0.2) is 0 Å². The Hall–Kier alpha value is -0.260. The molecule has 0 aromatic heterocycles. The van der Waals surface area contributed by atoms with Gasteiger partial charge in [-0.15, -0.1) is 0 Å². The first-order chi connectivity index (χ1) is 4.38. The summed E-state index contributed by atoms with van der Waals surface area (Å²) in [4.78, 5) is 0. The Labute approximate surface area is 57.0 Å². The Balaban J connectivity index is 2.19. The van der Waals surface area contributed by atoms with Crippen molar-refractivity contribution in [2.45, 2.75) is 32.1 Å². The molecule has 0 aromatic carbocycles. The summed E-state index contributed by atoms with van der Waals surface area (Å²) in [6.45, 7) is 4.14. The van der Waals surface area contributed by atoms with Crippen LogP contribution in [0.25, 0.3) is 0 Å². The first-order valence-electron chi connectivity index (χ1n) is 4.06. The van der Waals surface area contributed by atoms with Crippen molar-refractivity contribution in [1.82, 2.24) is 0 Å². The molecular weight excluding hydrogens is 108 g/mol. The fraction of sp³-hybridized carbons (Fsp3) is 0.778. The summed E-state index contributed by atoms with van der Waals surface area (Å²) < 4.78 is 0. The molecule has 0 heterocycles. The van der Waals surface area contributed by atoms with E-state index < -0.39 is 0 Å². The van der Waals surface area contributed by atoms with Gasteiger partial charge in [-0.2, -0.15) is 0 Å². The molecule has 2 rings (SSSR count). The van der Waals surface area contributed by atoms with Crippen LogP contribution in [0.1, 0.15) is 32.1 Å². The highest BCUT2D eigenvalue weighted by Gasteiger charge is 2.31. The van der Waals surface area contributed by atoms with Gasteiger partial charge >= 0.3 is 0 Å². The first-order valence-corrected chi connectivity index (χ1v) is 4.06. The first kappa shape index (κ1) is 5.52. The molecule has 0 amide bonds. The number of hydrogen-bond donors (Lipinski definition) is 0. The van der Waals surface area contributed by atoms with Crippen molar-refractivity contribution in [3.05, 3.63) is 12.2 Å². The van der Waals surface area contributed by atoms with Crippen LogP contribution in [0.5, 0.6) is 0 Å². The Morgan fingerprint density at radius 2 is 1.56 bits per heavy atom. The topological polar surface area (TPSA) is 0 Å². The van der Waals surface area contributed by atoms with Gasteiger partial charge < -0.3 is 0 Å². The average Bonchev–Trinajstić information content (AvgIpc) is 2.19. The summed E-state index contributed by atoms with van der Waals surface area (Å²) in [6, 6.07) is 0. The largest absolute Gasteiger partial charge is 0.0993 e. The van der Waals surface area contributed by atoms with Crippen molar-refractivity contribution in [3.63, 3.8) is 0 Å². The highest BCUT2D eigenvalue weighted by molar-refractivity contribution is 5.13. The molecule has 2 saturated carbocycles. The zero-order valence-corrected chi connectivity index (χ0v) is 5.90. The van der Waals surface area contributed by atoms with Crippen LogP contribution in [0.3, 0.4) is 0 Å². The van der Waals surface area contributed by atoms with Gasteiger partial charge in [0.15, 0.2) is 0 Å². The standard InChI is InChI=1S/C9H14/c1-7-8-3-2-4-9(7)6-5-8/h8-9H,1-6H2. The maximum atomic E-state index is 4.14. The molecule has 2 atom stereocenters. The van der Waals surface area contributed by atoms with E-state index in [4.69, 9.17) is 0 Å². The highest BCUT2D eigenvalue weighted by atomic mass is 14.4. The third-order valence-corrected chi connectivity index (χ3v) is 3.02. The lowest BCUT2D eigenvalue weighted by Crippen LogP contribution is -2.07. The van der Waals surface area contributed by atoms with Crippen molar-refractivity contribution in [1.29, 1.82) is 0 Å². The van der Waals surface area contributed by atoms with Crippen molar-refractivity contribution < 1.29 is 0 Å². The van der Waals surface area contributed by atoms with Crippen molar-refractivity contribution >= 4 is 0 Å². The number of fused-ring (bicyclic) bond motifs is 2. The van der Waals surface area contributed by atoms with E-state index in [9.17, 15) is 0 Å². The Kier molecular flexibility index (Phi) is 1.14. The van der Waals surface area contributed by atoms with Crippen LogP contribution in [0, 0.1) is 11.8 Å². The fourth-order valence-corrected chi connectivity index (χ4v) is 2.38. The molecule has 2 aliphatic carbocycles. The van der Waals surface area contributed by atoms with Gasteiger partial charge in [0.25, 0.3) is 0 Å². The molecule has 0 heteroatoms. The second-order valence-corrected chi connectivity index (χ2v) is 3.48. The highest BCUT2D eigenvalue weighted by Crippen LogP contribution is 2.45. The average molecular weight is 122 g/mol. The third-order valence-electron chi connectivity index (χ3n) is 3.02. The van der Waals surface area contributed by atoms with E-state index >= 15 is 0 Å². The lowest BCUT2D eigenvalue weighted by atomic mass is 9.85. The zero-order chi connectivity index (χ0) is 6.27. The normalized spacial score (nSPS) is 41.6. The molecule has 0 spiro atoms. The number of hydrogen-bond acceptors (Lipinski definition) is 0. The maximum absolute atomic E-state index is 4.14. The molecule has 2 fully saturated rings. The molecule has 2 aliphatic rings. The van der Waals surface area contributed by atoms with E-state index in [0.29, 0.717) is 0 Å². The van der Waals surface area contributed by atoms with Crippen molar-refractivity contribution in [3.8, 4) is 0 Å². The van der Waals surface area contributed by atoms with Gasteiger partial charge in [0.05, 0.1) is 0 Å². The zero-order valence-electron chi connectivity index (χ0n) is 5.90. The molecule has 2 bridgehead atoms. The summed E-state index contributed by atoms with van der Waals surface area (Å²) in [5.74, 6) is 1.87. The van der Waals surface area contributed by atoms with Gasteiger partial charge in [-0.05, 0) is 37.5 Å². The monoisotopic (exact) mass is 122 g/mol. The summed E-state index contributed by atoms with van der Waals surface area (Å²) in [6.07, 6.45) is 7.24. The predicted molar refractivity (Wildman–Crippen MR) is 39.2 cm³/mol. The van der Waals surface area contributed by atoms with Crippen LogP contribution in [0.15, 0.2) is 12.2 Å². The lowest BCUT2D eigenvalue weighted by Gasteiger charge is -2.20. The van der Waals surface area contributed by atoms with Crippen LogP contribution in [0.4, 0.5) is 0 Å². The van der Waals surface area contributed by atoms with Crippen LogP contribution < -0.4 is 0 Å². The smallest absolute Gasteiger partial charge is 0.0203 e. The fourth-order valence-electron chi connectivity index (χ4n) is 2.38. The van der Waals surface area contributed by atoms with Gasteiger partial charge in [-0.3, -0.25) is 0 Å². The summed E-state index contributed by atoms with van der Waals surface area (Å²) in [7, 11) is 0. The van der Waals surface area contributed by atoms with Gasteiger partial charge in [0, 0.05) is 0 Å². The van der Waals surface area contributed by atoms with Crippen LogP contribution in [0.2, 0.25) is 0 Å². The molecule has 50 valence electrons. The minimum absolute atomic E-state index is 0.934. The van der Waals surface area contributed by atoms with Crippen molar-refractivity contribution in [2.75, 3.05) is 0 Å². The lowest BCUT2D eigenvalue weighted by molar-refractivity contribution is 0.466. The molecule has 0 saturated heterocycles. The molecule has 2 unspecified atom stereocenters. The number of allylic oxidation sites excluding steroid dienone is 1.